The molecule has 4 atom stereocenters. The van der Waals surface area contributed by atoms with Gasteiger partial charge in [0.1, 0.15) is 18.3 Å². The fourth-order valence-electron chi connectivity index (χ4n) is 0.893. The van der Waals surface area contributed by atoms with Crippen LogP contribution in [0.5, 0.6) is 0 Å². The van der Waals surface area contributed by atoms with E-state index in [0.29, 0.717) is 0 Å². The Hall–Kier alpha value is -0.310. The summed E-state index contributed by atoms with van der Waals surface area (Å²) in [4.78, 5) is 0. The predicted octanol–water partition coefficient (Wildman–Crippen LogP) is -3.21. The van der Waals surface area contributed by atoms with Crippen LogP contribution >= 0.6 is 0 Å². The van der Waals surface area contributed by atoms with Gasteiger partial charge in [-0.1, -0.05) is 0 Å². The van der Waals surface area contributed by atoms with Gasteiger partial charge in [-0.2, -0.15) is 0 Å². The van der Waals surface area contributed by atoms with Gasteiger partial charge in [0.25, 0.3) is 0 Å². The van der Waals surface area contributed by atoms with Crippen molar-refractivity contribution in [3.63, 3.8) is 0 Å². The third kappa shape index (κ3) is 4.80. The van der Waals surface area contributed by atoms with E-state index in [1.807, 2.05) is 0 Å². The molecule has 0 aliphatic rings. The lowest BCUT2D eigenvalue weighted by Gasteiger charge is -2.25. The van der Waals surface area contributed by atoms with Crippen LogP contribution in [0.3, 0.4) is 0 Å². The number of hydrogen-bond acceptors (Lipinski definition) is 6. The fraction of sp³-hybridized carbons (Fsp3) is 1.00. The Morgan fingerprint density at radius 2 is 1.43 bits per heavy atom. The molecule has 0 spiro atoms. The first-order chi connectivity index (χ1) is 6.04. The van der Waals surface area contributed by atoms with Gasteiger partial charge in [0.05, 0.1) is 12.7 Å². The van der Waals surface area contributed by atoms with Crippen LogP contribution in [0.1, 0.15) is 0 Å². The van der Waals surface area contributed by atoms with Crippen molar-refractivity contribution in [2.45, 2.75) is 24.4 Å². The predicted molar refractivity (Wildman–Crippen MR) is 47.5 cm³/mol. The quantitative estimate of drug-likeness (QED) is 0.278. The van der Waals surface area contributed by atoms with Gasteiger partial charge in [-0.25, -0.2) is 0 Å². The first-order valence-electron chi connectivity index (χ1n) is 4.02. The largest absolute Gasteiger partial charge is 0.394 e. The van der Waals surface area contributed by atoms with Gasteiger partial charge in [-0.05, 0) is 7.05 Å². The molecule has 0 bridgehead atoms. The van der Waals surface area contributed by atoms with Gasteiger partial charge >= 0.3 is 0 Å². The maximum Gasteiger partial charge on any atom is 0.111 e. The van der Waals surface area contributed by atoms with E-state index in [1.165, 1.54) is 0 Å². The van der Waals surface area contributed by atoms with Gasteiger partial charge in [-0.3, -0.25) is 4.70 Å². The van der Waals surface area contributed by atoms with Gasteiger partial charge in [0.2, 0.25) is 0 Å². The number of likely N-dealkylation sites (N-methyl/N-ethyl adjacent to an activating group) is 1. The molecule has 0 aromatic carbocycles. The molecule has 14 heavy (non-hydrogen) atoms. The molecule has 6 N–H and O–H groups in total. The van der Waals surface area contributed by atoms with Gasteiger partial charge < -0.3 is 30.8 Å². The molecule has 0 aliphatic heterocycles. The summed E-state index contributed by atoms with van der Waals surface area (Å²) in [5.74, 6) is 0. The number of hydrogen-bond donors (Lipinski definition) is 6. The summed E-state index contributed by atoms with van der Waals surface area (Å²) >= 11 is 0. The van der Waals surface area contributed by atoms with E-state index in [1.54, 1.807) is 7.05 Å². The summed E-state index contributed by atoms with van der Waals surface area (Å²) in [6.45, 7) is -0.569. The first-order valence-corrected chi connectivity index (χ1v) is 4.02. The Balaban J connectivity index is 0. The molecular weight excluding hydrogens is 197 g/mol. The number of rotatable bonds is 6. The maximum absolute atomic E-state index is 9.21. The van der Waals surface area contributed by atoms with E-state index in [4.69, 9.17) is 20.4 Å². The van der Waals surface area contributed by atoms with Crippen molar-refractivity contribution in [3.8, 4) is 0 Å². The highest BCUT2D eigenvalue weighted by Gasteiger charge is 2.29. The van der Waals surface area contributed by atoms with Gasteiger partial charge in [0, 0.05) is 6.54 Å². The zero-order chi connectivity index (χ0) is 10.4. The molecule has 0 saturated carbocycles. The second-order valence-electron chi connectivity index (χ2n) is 2.86. The number of nitrogens with one attached hydrogen (secondary N) is 1. The van der Waals surface area contributed by atoms with Crippen LogP contribution in [0.25, 0.3) is 0 Å². The normalized spacial score (nSPS) is 19.3. The minimum atomic E-state index is -1.55. The van der Waals surface area contributed by atoms with Crippen molar-refractivity contribution >= 4 is 0 Å². The van der Waals surface area contributed by atoms with Gasteiger partial charge in [-0.15, -0.1) is 0 Å². The smallest absolute Gasteiger partial charge is 0.111 e. The van der Waals surface area contributed by atoms with Crippen molar-refractivity contribution in [3.05, 3.63) is 0 Å². The van der Waals surface area contributed by atoms with E-state index >= 15 is 0 Å². The third-order valence-electron chi connectivity index (χ3n) is 1.74. The lowest BCUT2D eigenvalue weighted by atomic mass is 10.0. The SMILES string of the molecule is CNC[C@H](O)[C@H](O)[C@@H](O)[C@@H](O)CO.F. The Kier molecular flexibility index (Phi) is 9.26. The van der Waals surface area contributed by atoms with Crippen LogP contribution < -0.4 is 5.32 Å². The molecule has 0 aromatic heterocycles. The Morgan fingerprint density at radius 3 is 1.79 bits per heavy atom. The van der Waals surface area contributed by atoms with Crippen LogP contribution in [0.2, 0.25) is 0 Å². The molecule has 7 heteroatoms. The summed E-state index contributed by atoms with van der Waals surface area (Å²) in [6.07, 6.45) is -5.65. The van der Waals surface area contributed by atoms with E-state index < -0.39 is 31.0 Å². The summed E-state index contributed by atoms with van der Waals surface area (Å²) in [5.41, 5.74) is 0. The minimum absolute atomic E-state index is 0. The minimum Gasteiger partial charge on any atom is -0.394 e. The van der Waals surface area contributed by atoms with E-state index in [2.05, 4.69) is 5.32 Å². The summed E-state index contributed by atoms with van der Waals surface area (Å²) < 4.78 is 0. The zero-order valence-electron chi connectivity index (χ0n) is 7.87. The second-order valence-corrected chi connectivity index (χ2v) is 2.86. The van der Waals surface area contributed by atoms with Crippen LogP contribution in [0, 0.1) is 0 Å². The topological polar surface area (TPSA) is 113 Å². The van der Waals surface area contributed by atoms with Crippen LogP contribution in [0.15, 0.2) is 0 Å². The second kappa shape index (κ2) is 8.04. The molecule has 0 saturated heterocycles. The number of halogens is 1. The summed E-state index contributed by atoms with van der Waals surface area (Å²) in [5, 5.41) is 47.5. The lowest BCUT2D eigenvalue weighted by molar-refractivity contribution is -0.113. The van der Waals surface area contributed by atoms with E-state index in [0.717, 1.165) is 0 Å². The Morgan fingerprint density at radius 1 is 1.00 bits per heavy atom. The van der Waals surface area contributed by atoms with Crippen molar-refractivity contribution in [2.75, 3.05) is 20.2 Å². The van der Waals surface area contributed by atoms with Crippen LogP contribution in [-0.2, 0) is 0 Å². The number of aliphatic hydroxyl groups excluding tert-OH is 5. The highest BCUT2D eigenvalue weighted by Crippen LogP contribution is 2.04. The summed E-state index contributed by atoms with van der Waals surface area (Å²) in [6, 6.07) is 0. The van der Waals surface area contributed by atoms with Crippen LogP contribution in [0.4, 0.5) is 4.70 Å². The van der Waals surface area contributed by atoms with Gasteiger partial charge in [0.15, 0.2) is 0 Å². The molecule has 0 radical (unpaired) electrons. The molecule has 6 nitrogen and oxygen atoms in total. The molecule has 0 fully saturated rings. The third-order valence-corrected chi connectivity index (χ3v) is 1.74. The molecular formula is C7H18FNO5. The molecule has 0 heterocycles. The fourth-order valence-corrected chi connectivity index (χ4v) is 0.893. The van der Waals surface area contributed by atoms with Crippen molar-refractivity contribution in [1.82, 2.24) is 5.32 Å². The van der Waals surface area contributed by atoms with Crippen LogP contribution in [-0.4, -0.2) is 70.1 Å². The average molecular weight is 215 g/mol. The van der Waals surface area contributed by atoms with E-state index in [9.17, 15) is 5.11 Å². The molecule has 0 aromatic rings. The van der Waals surface area contributed by atoms with Crippen molar-refractivity contribution in [1.29, 1.82) is 0 Å². The average Bonchev–Trinajstić information content (AvgIpc) is 2.14. The maximum atomic E-state index is 9.21. The first kappa shape index (κ1) is 16.1. The lowest BCUT2D eigenvalue weighted by Crippen LogP contribution is -2.48. The highest BCUT2D eigenvalue weighted by molar-refractivity contribution is 4.81. The monoisotopic (exact) mass is 215 g/mol. The molecule has 0 rings (SSSR count). The van der Waals surface area contributed by atoms with Crippen molar-refractivity contribution < 1.29 is 30.2 Å². The molecule has 0 aliphatic carbocycles. The molecule has 0 unspecified atom stereocenters. The highest BCUT2D eigenvalue weighted by atomic mass is 19.0. The number of aliphatic hydroxyl groups is 5. The Labute approximate surface area is 81.2 Å². The summed E-state index contributed by atoms with van der Waals surface area (Å²) in [7, 11) is 1.57. The standard InChI is InChI=1S/C7H17NO5.FH/c1-8-2-4(10)6(12)7(13)5(11)3-9;/h4-13H,2-3H2,1H3;1H/t4-,5-,6-,7-;/m0./s1. The van der Waals surface area contributed by atoms with E-state index in [-0.39, 0.29) is 11.2 Å². The Bertz CT molecular complexity index is 139. The molecule has 88 valence electrons. The zero-order valence-corrected chi connectivity index (χ0v) is 7.87. The van der Waals surface area contributed by atoms with Crippen molar-refractivity contribution in [2.24, 2.45) is 0 Å². The molecule has 0 amide bonds.